The van der Waals surface area contributed by atoms with Gasteiger partial charge in [0.05, 0.1) is 11.3 Å². The minimum Gasteiger partial charge on any atom is -0.457 e. The Labute approximate surface area is 184 Å². The van der Waals surface area contributed by atoms with Crippen LogP contribution in [0.1, 0.15) is 29.1 Å². The van der Waals surface area contributed by atoms with E-state index < -0.39 is 0 Å². The van der Waals surface area contributed by atoms with Crippen molar-refractivity contribution in [3.05, 3.63) is 22.6 Å². The fourth-order valence-corrected chi connectivity index (χ4v) is 4.67. The van der Waals surface area contributed by atoms with Gasteiger partial charge in [-0.15, -0.1) is 11.3 Å². The van der Waals surface area contributed by atoms with Gasteiger partial charge in [0, 0.05) is 32.1 Å². The first-order valence-electron chi connectivity index (χ1n) is 10.1. The zero-order chi connectivity index (χ0) is 22.1. The molecule has 1 aliphatic heterocycles. The third kappa shape index (κ3) is 4.36. The number of piperidine rings is 1. The van der Waals surface area contributed by atoms with Gasteiger partial charge in [0.1, 0.15) is 17.0 Å². The van der Waals surface area contributed by atoms with Crippen molar-refractivity contribution in [1.82, 2.24) is 24.9 Å². The molecule has 4 rings (SSSR count). The first-order valence-corrected chi connectivity index (χ1v) is 10.9. The number of aromatic nitrogens is 5. The van der Waals surface area contributed by atoms with Crippen LogP contribution in [0.2, 0.25) is 0 Å². The third-order valence-electron chi connectivity index (χ3n) is 5.50. The molecular formula is C20H26N8O2S. The van der Waals surface area contributed by atoms with Gasteiger partial charge in [-0.2, -0.15) is 15.0 Å². The Morgan fingerprint density at radius 2 is 1.97 bits per heavy atom. The maximum atomic E-state index is 12.6. The zero-order valence-corrected chi connectivity index (χ0v) is 18.9. The van der Waals surface area contributed by atoms with Crippen LogP contribution in [0.15, 0.2) is 6.33 Å². The van der Waals surface area contributed by atoms with Gasteiger partial charge in [0.15, 0.2) is 12.4 Å². The summed E-state index contributed by atoms with van der Waals surface area (Å²) in [7, 11) is 3.62. The highest BCUT2D eigenvalue weighted by atomic mass is 32.1. The van der Waals surface area contributed by atoms with Crippen LogP contribution in [0.25, 0.3) is 10.2 Å². The highest BCUT2D eigenvalue weighted by Gasteiger charge is 2.28. The van der Waals surface area contributed by atoms with Crippen molar-refractivity contribution in [3.8, 4) is 0 Å². The van der Waals surface area contributed by atoms with Crippen molar-refractivity contribution in [2.45, 2.75) is 33.3 Å². The van der Waals surface area contributed by atoms with Crippen molar-refractivity contribution in [1.29, 1.82) is 0 Å². The van der Waals surface area contributed by atoms with Crippen LogP contribution in [0.5, 0.6) is 0 Å². The molecule has 1 fully saturated rings. The number of ether oxygens (including phenoxy) is 1. The largest absolute Gasteiger partial charge is 0.457 e. The summed E-state index contributed by atoms with van der Waals surface area (Å²) < 4.78 is 5.48. The van der Waals surface area contributed by atoms with Crippen molar-refractivity contribution in [2.24, 2.45) is 5.92 Å². The molecule has 0 atom stereocenters. The third-order valence-corrected chi connectivity index (χ3v) is 6.62. The number of carbonyl (C=O) groups is 1. The number of thiophene rings is 1. The van der Waals surface area contributed by atoms with Crippen LogP contribution in [0, 0.1) is 19.8 Å². The molecule has 0 bridgehead atoms. The van der Waals surface area contributed by atoms with Crippen LogP contribution in [0.4, 0.5) is 17.7 Å². The molecule has 10 nitrogen and oxygen atoms in total. The highest BCUT2D eigenvalue weighted by Crippen LogP contribution is 2.35. The van der Waals surface area contributed by atoms with E-state index in [2.05, 4.69) is 43.7 Å². The van der Waals surface area contributed by atoms with E-state index in [1.807, 2.05) is 14.1 Å². The molecule has 0 saturated carbocycles. The van der Waals surface area contributed by atoms with Crippen molar-refractivity contribution in [2.75, 3.05) is 42.7 Å². The Bertz CT molecular complexity index is 1110. The Balaban J connectivity index is 1.38. The molecule has 164 valence electrons. The number of carbonyl (C=O) groups excluding carboxylic acids is 1. The van der Waals surface area contributed by atoms with E-state index in [1.165, 1.54) is 10.4 Å². The molecule has 0 amide bonds. The summed E-state index contributed by atoms with van der Waals surface area (Å²) in [6, 6.07) is 0. The van der Waals surface area contributed by atoms with Crippen LogP contribution < -0.4 is 15.5 Å². The number of nitrogens with two attached hydrogens (primary N) is 1. The number of nitrogen functional groups attached to an aromatic ring is 1. The maximum absolute atomic E-state index is 12.6. The van der Waals surface area contributed by atoms with E-state index in [0.29, 0.717) is 24.6 Å². The van der Waals surface area contributed by atoms with Gasteiger partial charge in [-0.25, -0.2) is 9.97 Å². The lowest BCUT2D eigenvalue weighted by Crippen LogP contribution is -2.37. The number of anilines is 3. The van der Waals surface area contributed by atoms with Gasteiger partial charge >= 0.3 is 5.97 Å². The molecule has 0 aromatic carbocycles. The van der Waals surface area contributed by atoms with Crippen LogP contribution in [-0.2, 0) is 16.1 Å². The second-order valence-corrected chi connectivity index (χ2v) is 9.04. The Morgan fingerprint density at radius 3 is 2.68 bits per heavy atom. The predicted molar refractivity (Wildman–Crippen MR) is 120 cm³/mol. The van der Waals surface area contributed by atoms with Crippen LogP contribution in [-0.4, -0.2) is 58.1 Å². The lowest BCUT2D eigenvalue weighted by molar-refractivity contribution is -0.150. The second-order valence-electron chi connectivity index (χ2n) is 7.83. The number of fused-ring (bicyclic) bond motifs is 1. The summed E-state index contributed by atoms with van der Waals surface area (Å²) in [4.78, 5) is 40.2. The molecule has 3 aromatic rings. The number of hydrogen-bond acceptors (Lipinski definition) is 11. The van der Waals surface area contributed by atoms with Crippen LogP contribution in [0.3, 0.4) is 0 Å². The van der Waals surface area contributed by atoms with E-state index in [-0.39, 0.29) is 24.4 Å². The molecule has 3 aromatic heterocycles. The normalized spacial score (nSPS) is 14.8. The van der Waals surface area contributed by atoms with Gasteiger partial charge in [-0.05, 0) is 32.3 Å². The van der Waals surface area contributed by atoms with Gasteiger partial charge < -0.3 is 20.3 Å². The van der Waals surface area contributed by atoms with Crippen molar-refractivity contribution in [3.63, 3.8) is 0 Å². The summed E-state index contributed by atoms with van der Waals surface area (Å²) in [5, 5.41) is 1.12. The minimum absolute atomic E-state index is 0.0213. The SMILES string of the molecule is Cc1sc2ncnc(N3CCC(C(=O)OCc4nc(N)nc(N(C)C)n4)CC3)c2c1C. The quantitative estimate of drug-likeness (QED) is 0.587. The first-order chi connectivity index (χ1) is 14.8. The maximum Gasteiger partial charge on any atom is 0.309 e. The van der Waals surface area contributed by atoms with E-state index in [0.717, 1.165) is 29.1 Å². The number of nitrogens with zero attached hydrogens (tertiary/aromatic N) is 7. The number of hydrogen-bond donors (Lipinski definition) is 1. The van der Waals surface area contributed by atoms with Gasteiger partial charge in [-0.1, -0.05) is 0 Å². The van der Waals surface area contributed by atoms with Crippen molar-refractivity contribution < 1.29 is 9.53 Å². The monoisotopic (exact) mass is 442 g/mol. The number of esters is 1. The van der Waals surface area contributed by atoms with Gasteiger partial charge in [-0.3, -0.25) is 4.79 Å². The van der Waals surface area contributed by atoms with Gasteiger partial charge in [0.25, 0.3) is 0 Å². The molecule has 1 saturated heterocycles. The van der Waals surface area contributed by atoms with Crippen LogP contribution >= 0.6 is 11.3 Å². The summed E-state index contributed by atoms with van der Waals surface area (Å²) in [6.07, 6.45) is 3.03. The van der Waals surface area contributed by atoms with E-state index in [4.69, 9.17) is 10.5 Å². The fourth-order valence-electron chi connectivity index (χ4n) is 3.67. The van der Waals surface area contributed by atoms with Gasteiger partial charge in [0.2, 0.25) is 11.9 Å². The smallest absolute Gasteiger partial charge is 0.309 e. The number of rotatable bonds is 5. The topological polar surface area (TPSA) is 123 Å². The second kappa shape index (κ2) is 8.58. The fraction of sp³-hybridized carbons (Fsp3) is 0.500. The Kier molecular flexibility index (Phi) is 5.86. The molecule has 0 unspecified atom stereocenters. The molecule has 11 heteroatoms. The summed E-state index contributed by atoms with van der Waals surface area (Å²) >= 11 is 1.69. The zero-order valence-electron chi connectivity index (χ0n) is 18.1. The summed E-state index contributed by atoms with van der Waals surface area (Å²) in [5.74, 6) is 1.44. The molecule has 4 heterocycles. The molecule has 0 spiro atoms. The lowest BCUT2D eigenvalue weighted by atomic mass is 9.97. The number of aryl methyl sites for hydroxylation is 2. The average Bonchev–Trinajstić information content (AvgIpc) is 3.05. The van der Waals surface area contributed by atoms with E-state index in [1.54, 1.807) is 22.6 Å². The van der Waals surface area contributed by atoms with Crippen molar-refractivity contribution >= 4 is 45.2 Å². The van der Waals surface area contributed by atoms with E-state index in [9.17, 15) is 4.79 Å². The lowest BCUT2D eigenvalue weighted by Gasteiger charge is -2.32. The van der Waals surface area contributed by atoms with E-state index >= 15 is 0 Å². The first kappa shape index (κ1) is 21.2. The molecule has 0 radical (unpaired) electrons. The minimum atomic E-state index is -0.236. The molecule has 2 N–H and O–H groups in total. The highest BCUT2D eigenvalue weighted by molar-refractivity contribution is 7.18. The molecular weight excluding hydrogens is 416 g/mol. The Morgan fingerprint density at radius 1 is 1.23 bits per heavy atom. The Hall–Kier alpha value is -3.08. The summed E-state index contributed by atoms with van der Waals surface area (Å²) in [6.45, 7) is 5.68. The molecule has 1 aliphatic rings. The molecule has 0 aliphatic carbocycles. The molecule has 31 heavy (non-hydrogen) atoms. The average molecular weight is 443 g/mol. The summed E-state index contributed by atoms with van der Waals surface area (Å²) in [5.41, 5.74) is 6.95. The standard InChI is InChI=1S/C20H26N8O2S/c1-11-12(2)31-17-15(11)16(22-10-23-17)28-7-5-13(6-8-28)18(29)30-9-14-24-19(21)26-20(25-14)27(3)4/h10,13H,5-9H2,1-4H3,(H2,21,24,25,26). The predicted octanol–water partition coefficient (Wildman–Crippen LogP) is 2.10.